The van der Waals surface area contributed by atoms with Crippen molar-refractivity contribution in [1.29, 1.82) is 0 Å². The second kappa shape index (κ2) is 6.80. The molecule has 0 saturated carbocycles. The molecule has 0 amide bonds. The van der Waals surface area contributed by atoms with Gasteiger partial charge in [-0.1, -0.05) is 29.8 Å². The van der Waals surface area contributed by atoms with Crippen molar-refractivity contribution in [3.63, 3.8) is 0 Å². The Bertz CT molecular complexity index is 1090. The van der Waals surface area contributed by atoms with E-state index in [4.69, 9.17) is 28.2 Å². The van der Waals surface area contributed by atoms with E-state index in [2.05, 4.69) is 4.72 Å². The van der Waals surface area contributed by atoms with Crippen LogP contribution < -0.4 is 4.90 Å². The van der Waals surface area contributed by atoms with Gasteiger partial charge in [0.25, 0.3) is 4.84 Å². The Morgan fingerprint density at radius 2 is 1.96 bits per heavy atom. The number of hydrogen-bond donors (Lipinski definition) is 1. The summed E-state index contributed by atoms with van der Waals surface area (Å²) in [4.78, 5) is 1.48. The Morgan fingerprint density at radius 1 is 1.24 bits per heavy atom. The first-order valence-corrected chi connectivity index (χ1v) is 9.65. The van der Waals surface area contributed by atoms with E-state index in [9.17, 15) is 8.42 Å². The van der Waals surface area contributed by atoms with Crippen LogP contribution in [-0.2, 0) is 16.7 Å². The third-order valence-corrected chi connectivity index (χ3v) is 5.39. The largest absolute Gasteiger partial charge is 0.571 e. The summed E-state index contributed by atoms with van der Waals surface area (Å²) < 4.78 is 36.3. The lowest BCUT2D eigenvalue weighted by Gasteiger charge is -2.22. The number of aromatic nitrogens is 1. The maximum Gasteiger partial charge on any atom is 0.274 e. The number of nitrogens with one attached hydrogen (secondary N) is 1. The Morgan fingerprint density at radius 3 is 2.64 bits per heavy atom. The number of nitrogens with zero attached hydrogens (tertiary/aromatic N) is 2. The lowest BCUT2D eigenvalue weighted by Crippen LogP contribution is -3.04. The molecule has 1 N–H and O–H groups in total. The number of oxazole rings is 1. The number of hydrogen-bond acceptors (Lipinski definition) is 4. The van der Waals surface area contributed by atoms with Crippen LogP contribution in [0.4, 0.5) is 5.69 Å². The van der Waals surface area contributed by atoms with Gasteiger partial charge in [0.05, 0.1) is 24.5 Å². The van der Waals surface area contributed by atoms with Gasteiger partial charge in [-0.15, -0.1) is 5.69 Å². The molecule has 0 aliphatic rings. The molecule has 0 aliphatic heterocycles. The summed E-state index contributed by atoms with van der Waals surface area (Å²) in [6.07, 6.45) is 0. The van der Waals surface area contributed by atoms with Crippen LogP contribution >= 0.6 is 23.8 Å². The summed E-state index contributed by atoms with van der Waals surface area (Å²) in [5.41, 5.74) is 1.34. The molecule has 2 aromatic carbocycles. The Labute approximate surface area is 155 Å². The van der Waals surface area contributed by atoms with Gasteiger partial charge in [0, 0.05) is 11.1 Å². The van der Waals surface area contributed by atoms with Gasteiger partial charge in [0.15, 0.2) is 12.3 Å². The molecule has 3 aromatic rings. The van der Waals surface area contributed by atoms with Crippen LogP contribution in [0.5, 0.6) is 0 Å². The van der Waals surface area contributed by atoms with E-state index in [1.807, 2.05) is 18.7 Å². The number of rotatable bonds is 5. The molecule has 3 rings (SSSR count). The highest BCUT2D eigenvalue weighted by atomic mass is 35.5. The topological polar surface area (TPSA) is 70.8 Å². The molecular formula is C16H16ClN3O3S2. The molecule has 0 unspecified atom stereocenters. The number of halogens is 1. The lowest BCUT2D eigenvalue weighted by atomic mass is 10.3. The van der Waals surface area contributed by atoms with Crippen molar-refractivity contribution in [3.8, 4) is 0 Å². The minimum Gasteiger partial charge on any atom is -0.571 e. The van der Waals surface area contributed by atoms with Crippen molar-refractivity contribution in [1.82, 2.24) is 4.57 Å². The van der Waals surface area contributed by atoms with E-state index in [-0.39, 0.29) is 15.6 Å². The summed E-state index contributed by atoms with van der Waals surface area (Å²) in [7, 11) is 0.0542. The van der Waals surface area contributed by atoms with E-state index in [1.54, 1.807) is 30.3 Å². The molecule has 0 aliphatic carbocycles. The fraction of sp³-hybridized carbons (Fsp3) is 0.188. The first-order valence-electron chi connectivity index (χ1n) is 7.43. The predicted octanol–water partition coefficient (Wildman–Crippen LogP) is 3.11. The quantitative estimate of drug-likeness (QED) is 0.671. The number of benzene rings is 2. The Balaban J connectivity index is 2.01. The fourth-order valence-electron chi connectivity index (χ4n) is 2.38. The van der Waals surface area contributed by atoms with Gasteiger partial charge in [0.2, 0.25) is 0 Å². The number of sulfonamides is 1. The van der Waals surface area contributed by atoms with Crippen molar-refractivity contribution in [3.05, 3.63) is 57.0 Å². The average molecular weight is 398 g/mol. The fourth-order valence-corrected chi connectivity index (χ4v) is 3.88. The van der Waals surface area contributed by atoms with Gasteiger partial charge >= 0.3 is 0 Å². The van der Waals surface area contributed by atoms with Gasteiger partial charge in [-0.25, -0.2) is 8.42 Å². The standard InChI is InChI=1S/C16H15ClN3O3S2/c1-19(2)10-20-14-8-7-11(9-15(14)23-16(20)24)25(21,22)18-13-6-4-3-5-12(13)17/h3-9H,10H2,1-2H3/q-1/p+1. The molecular weight excluding hydrogens is 382 g/mol. The minimum atomic E-state index is -3.92. The van der Waals surface area contributed by atoms with Gasteiger partial charge in [-0.2, -0.15) is 0 Å². The maximum absolute atomic E-state index is 12.6. The highest BCUT2D eigenvalue weighted by Crippen LogP contribution is 2.34. The van der Waals surface area contributed by atoms with Crippen LogP contribution in [-0.4, -0.2) is 27.1 Å². The summed E-state index contributed by atoms with van der Waals surface area (Å²) in [6.45, 7) is 0.613. The maximum atomic E-state index is 12.6. The summed E-state index contributed by atoms with van der Waals surface area (Å²) in [6, 6.07) is 11.1. The van der Waals surface area contributed by atoms with Crippen LogP contribution in [0.25, 0.3) is 15.8 Å². The van der Waals surface area contributed by atoms with Gasteiger partial charge in [-0.3, -0.25) is 4.57 Å². The smallest absolute Gasteiger partial charge is 0.274 e. The Kier molecular flexibility index (Phi) is 4.88. The molecule has 0 fully saturated rings. The molecule has 132 valence electrons. The number of quaternary nitrogens is 1. The minimum absolute atomic E-state index is 0.0213. The molecule has 6 nitrogen and oxygen atoms in total. The summed E-state index contributed by atoms with van der Waals surface area (Å²) in [5, 5.41) is 0.268. The van der Waals surface area contributed by atoms with E-state index in [0.717, 1.165) is 10.4 Å². The second-order valence-corrected chi connectivity index (χ2v) is 8.17. The van der Waals surface area contributed by atoms with Crippen LogP contribution in [0, 0.1) is 4.84 Å². The van der Waals surface area contributed by atoms with Crippen LogP contribution in [0.2, 0.25) is 5.02 Å². The van der Waals surface area contributed by atoms with Gasteiger partial charge < -0.3 is 14.0 Å². The van der Waals surface area contributed by atoms with E-state index >= 15 is 0 Å². The van der Waals surface area contributed by atoms with E-state index in [0.29, 0.717) is 17.1 Å². The molecule has 1 aromatic heterocycles. The molecule has 9 heteroatoms. The molecule has 0 spiro atoms. The number of fused-ring (bicyclic) bond motifs is 1. The highest BCUT2D eigenvalue weighted by Gasteiger charge is 2.13. The third kappa shape index (κ3) is 3.72. The molecule has 0 radical (unpaired) electrons. The highest BCUT2D eigenvalue weighted by molar-refractivity contribution is 7.94. The van der Waals surface area contributed by atoms with Crippen molar-refractivity contribution in [2.24, 2.45) is 0 Å². The first kappa shape index (κ1) is 17.9. The molecule has 0 bridgehead atoms. The van der Waals surface area contributed by atoms with Gasteiger partial charge in [0.1, 0.15) is 10.0 Å². The monoisotopic (exact) mass is 397 g/mol. The predicted molar refractivity (Wildman–Crippen MR) is 99.5 cm³/mol. The lowest BCUT2D eigenvalue weighted by molar-refractivity contribution is -0.882. The van der Waals surface area contributed by atoms with Crippen LogP contribution in [0.3, 0.4) is 0 Å². The third-order valence-electron chi connectivity index (χ3n) is 3.48. The van der Waals surface area contributed by atoms with E-state index < -0.39 is 10.0 Å². The Hall–Kier alpha value is -1.87. The SMILES string of the molecule is C[NH+](C)Cn1c(=S)oc2cc(S(=O)(=O)[N-]c3ccccc3Cl)ccc21. The summed E-state index contributed by atoms with van der Waals surface area (Å²) in [5.74, 6) is 0. The van der Waals surface area contributed by atoms with Crippen LogP contribution in [0.1, 0.15) is 0 Å². The zero-order valence-corrected chi connectivity index (χ0v) is 16.0. The van der Waals surface area contributed by atoms with Crippen molar-refractivity contribution < 1.29 is 17.7 Å². The molecule has 0 atom stereocenters. The molecule has 25 heavy (non-hydrogen) atoms. The van der Waals surface area contributed by atoms with Gasteiger partial charge in [-0.05, 0) is 30.4 Å². The molecule has 0 saturated heterocycles. The first-order chi connectivity index (χ1) is 11.8. The van der Waals surface area contributed by atoms with Crippen LogP contribution in [0.15, 0.2) is 51.8 Å². The normalized spacial score (nSPS) is 12.0. The average Bonchev–Trinajstić information content (AvgIpc) is 2.84. The zero-order valence-electron chi connectivity index (χ0n) is 13.6. The second-order valence-electron chi connectivity index (χ2n) is 5.81. The van der Waals surface area contributed by atoms with Crippen molar-refractivity contribution >= 4 is 50.6 Å². The van der Waals surface area contributed by atoms with E-state index in [1.165, 1.54) is 12.1 Å². The summed E-state index contributed by atoms with van der Waals surface area (Å²) >= 11 is 11.2. The molecule has 1 heterocycles. The van der Waals surface area contributed by atoms with Crippen molar-refractivity contribution in [2.45, 2.75) is 11.6 Å². The zero-order chi connectivity index (χ0) is 18.2. The van der Waals surface area contributed by atoms with Crippen molar-refractivity contribution in [2.75, 3.05) is 14.1 Å².